The van der Waals surface area contributed by atoms with Gasteiger partial charge >= 0.3 is 0 Å². The van der Waals surface area contributed by atoms with E-state index < -0.39 is 0 Å². The minimum atomic E-state index is -0.160. The van der Waals surface area contributed by atoms with Crippen molar-refractivity contribution in [3.8, 4) is 6.07 Å². The molecule has 2 aromatic heterocycles. The summed E-state index contributed by atoms with van der Waals surface area (Å²) in [4.78, 5) is 16.2. The van der Waals surface area contributed by atoms with Gasteiger partial charge in [-0.2, -0.15) is 10.4 Å². The van der Waals surface area contributed by atoms with Crippen LogP contribution in [-0.2, 0) is 12.8 Å². The minimum Gasteiger partial charge on any atom is -0.351 e. The number of amides is 1. The second-order valence-corrected chi connectivity index (χ2v) is 6.25. The molecule has 136 valence electrons. The summed E-state index contributed by atoms with van der Waals surface area (Å²) in [6.07, 6.45) is 1.50. The zero-order valence-corrected chi connectivity index (χ0v) is 15.3. The molecule has 8 nitrogen and oxygen atoms in total. The van der Waals surface area contributed by atoms with E-state index in [2.05, 4.69) is 21.4 Å². The maximum absolute atomic E-state index is 12.5. The molecule has 0 atom stereocenters. The minimum absolute atomic E-state index is 0.160. The lowest BCUT2D eigenvalue weighted by molar-refractivity contribution is 0.0704. The van der Waals surface area contributed by atoms with Crippen LogP contribution in [0.4, 0.5) is 5.82 Å². The van der Waals surface area contributed by atoms with Gasteiger partial charge in [0, 0.05) is 32.2 Å². The molecular formula is C18H22N6O2. The number of aromatic nitrogens is 3. The SMILES string of the molecule is CCc1nnc(N2CCN(C(=O)c3cc(C)no3)CC2)c(C#N)c1CC. The molecule has 1 amide bonds. The third-order valence-corrected chi connectivity index (χ3v) is 4.64. The highest BCUT2D eigenvalue weighted by molar-refractivity contribution is 5.91. The molecule has 1 saturated heterocycles. The molecule has 1 aliphatic rings. The van der Waals surface area contributed by atoms with Crippen molar-refractivity contribution in [1.82, 2.24) is 20.3 Å². The summed E-state index contributed by atoms with van der Waals surface area (Å²) in [5.74, 6) is 0.714. The smallest absolute Gasteiger partial charge is 0.292 e. The van der Waals surface area contributed by atoms with Crippen LogP contribution in [0.3, 0.4) is 0 Å². The maximum Gasteiger partial charge on any atom is 0.292 e. The average Bonchev–Trinajstić information content (AvgIpc) is 3.12. The molecule has 26 heavy (non-hydrogen) atoms. The van der Waals surface area contributed by atoms with E-state index in [1.54, 1.807) is 17.9 Å². The molecule has 0 aromatic carbocycles. The first-order chi connectivity index (χ1) is 12.6. The van der Waals surface area contributed by atoms with Crippen LogP contribution in [-0.4, -0.2) is 52.3 Å². The van der Waals surface area contributed by atoms with Gasteiger partial charge in [0.1, 0.15) is 11.6 Å². The van der Waals surface area contributed by atoms with Crippen molar-refractivity contribution >= 4 is 11.7 Å². The number of carbonyl (C=O) groups excluding carboxylic acids is 1. The van der Waals surface area contributed by atoms with Gasteiger partial charge in [0.05, 0.1) is 11.4 Å². The quantitative estimate of drug-likeness (QED) is 0.824. The lowest BCUT2D eigenvalue weighted by Gasteiger charge is -2.35. The van der Waals surface area contributed by atoms with E-state index in [-0.39, 0.29) is 11.7 Å². The number of piperazine rings is 1. The Kier molecular flexibility index (Phi) is 5.16. The highest BCUT2D eigenvalue weighted by atomic mass is 16.5. The van der Waals surface area contributed by atoms with Gasteiger partial charge < -0.3 is 14.3 Å². The van der Waals surface area contributed by atoms with E-state index in [1.807, 2.05) is 18.7 Å². The summed E-state index contributed by atoms with van der Waals surface area (Å²) >= 11 is 0. The van der Waals surface area contributed by atoms with Gasteiger partial charge in [-0.1, -0.05) is 19.0 Å². The molecule has 0 saturated carbocycles. The summed E-state index contributed by atoms with van der Waals surface area (Å²) in [5, 5.41) is 22.0. The van der Waals surface area contributed by atoms with Crippen LogP contribution in [0.5, 0.6) is 0 Å². The first kappa shape index (κ1) is 17.9. The summed E-state index contributed by atoms with van der Waals surface area (Å²) in [6, 6.07) is 3.95. The summed E-state index contributed by atoms with van der Waals surface area (Å²) in [7, 11) is 0. The topological polar surface area (TPSA) is 99.2 Å². The van der Waals surface area contributed by atoms with Crippen molar-refractivity contribution < 1.29 is 9.32 Å². The van der Waals surface area contributed by atoms with Gasteiger partial charge in [-0.15, -0.1) is 5.10 Å². The Bertz CT molecular complexity index is 846. The highest BCUT2D eigenvalue weighted by Crippen LogP contribution is 2.24. The van der Waals surface area contributed by atoms with Crippen molar-refractivity contribution in [2.24, 2.45) is 0 Å². The van der Waals surface area contributed by atoms with Crippen molar-refractivity contribution in [1.29, 1.82) is 5.26 Å². The van der Waals surface area contributed by atoms with Gasteiger partial charge in [-0.3, -0.25) is 4.79 Å². The van der Waals surface area contributed by atoms with Crippen molar-refractivity contribution in [3.63, 3.8) is 0 Å². The van der Waals surface area contributed by atoms with E-state index >= 15 is 0 Å². The Morgan fingerprint density at radius 1 is 1.23 bits per heavy atom. The predicted octanol–water partition coefficient (Wildman–Crippen LogP) is 1.73. The molecule has 0 aliphatic carbocycles. The van der Waals surface area contributed by atoms with Crippen LogP contribution in [0, 0.1) is 18.3 Å². The van der Waals surface area contributed by atoms with Gasteiger partial charge in [0.25, 0.3) is 5.91 Å². The van der Waals surface area contributed by atoms with Gasteiger partial charge in [-0.05, 0) is 25.3 Å². The molecule has 3 rings (SSSR count). The first-order valence-electron chi connectivity index (χ1n) is 8.85. The fourth-order valence-corrected chi connectivity index (χ4v) is 3.24. The largest absolute Gasteiger partial charge is 0.351 e. The summed E-state index contributed by atoms with van der Waals surface area (Å²) in [6.45, 7) is 8.07. The first-order valence-corrected chi connectivity index (χ1v) is 8.85. The number of rotatable bonds is 4. The van der Waals surface area contributed by atoms with E-state index in [9.17, 15) is 10.1 Å². The van der Waals surface area contributed by atoms with Crippen LogP contribution < -0.4 is 4.90 Å². The number of hydrogen-bond acceptors (Lipinski definition) is 7. The van der Waals surface area contributed by atoms with E-state index in [0.29, 0.717) is 43.3 Å². The Morgan fingerprint density at radius 2 is 1.96 bits per heavy atom. The normalized spacial score (nSPS) is 14.4. The van der Waals surface area contributed by atoms with E-state index in [1.165, 1.54) is 0 Å². The van der Waals surface area contributed by atoms with E-state index in [4.69, 9.17) is 4.52 Å². The number of anilines is 1. The Labute approximate surface area is 152 Å². The zero-order valence-electron chi connectivity index (χ0n) is 15.3. The van der Waals surface area contributed by atoms with E-state index in [0.717, 1.165) is 24.1 Å². The van der Waals surface area contributed by atoms with Gasteiger partial charge in [-0.25, -0.2) is 0 Å². The number of aryl methyl sites for hydroxylation is 2. The van der Waals surface area contributed by atoms with Crippen LogP contribution in [0.1, 0.15) is 46.9 Å². The number of nitrogens with zero attached hydrogens (tertiary/aromatic N) is 6. The molecular weight excluding hydrogens is 332 g/mol. The summed E-state index contributed by atoms with van der Waals surface area (Å²) in [5.41, 5.74) is 3.13. The number of carbonyl (C=O) groups is 1. The van der Waals surface area contributed by atoms with Crippen molar-refractivity contribution in [3.05, 3.63) is 34.3 Å². The molecule has 0 unspecified atom stereocenters. The molecule has 3 heterocycles. The molecule has 0 N–H and O–H groups in total. The zero-order chi connectivity index (χ0) is 18.7. The second-order valence-electron chi connectivity index (χ2n) is 6.25. The van der Waals surface area contributed by atoms with Gasteiger partial charge in [0.15, 0.2) is 5.82 Å². The predicted molar refractivity (Wildman–Crippen MR) is 94.9 cm³/mol. The Balaban J connectivity index is 1.76. The van der Waals surface area contributed by atoms with Crippen molar-refractivity contribution in [2.45, 2.75) is 33.6 Å². The van der Waals surface area contributed by atoms with Crippen LogP contribution in [0.15, 0.2) is 10.6 Å². The number of nitriles is 1. The Hall–Kier alpha value is -2.95. The molecule has 1 fully saturated rings. The van der Waals surface area contributed by atoms with Crippen LogP contribution in [0.25, 0.3) is 0 Å². The third kappa shape index (κ3) is 3.25. The lowest BCUT2D eigenvalue weighted by atomic mass is 10.0. The molecule has 2 aromatic rings. The third-order valence-electron chi connectivity index (χ3n) is 4.64. The molecule has 0 spiro atoms. The van der Waals surface area contributed by atoms with Gasteiger partial charge in [0.2, 0.25) is 5.76 Å². The standard InChI is InChI=1S/C18H22N6O2/c1-4-13-14(11-19)17(21-20-15(13)5-2)23-6-8-24(9-7-23)18(25)16-10-12(3)22-26-16/h10H,4-9H2,1-3H3. The molecule has 0 radical (unpaired) electrons. The molecule has 8 heteroatoms. The second kappa shape index (κ2) is 7.52. The van der Waals surface area contributed by atoms with Crippen LogP contribution >= 0.6 is 0 Å². The molecule has 0 bridgehead atoms. The monoisotopic (exact) mass is 354 g/mol. The molecule has 1 aliphatic heterocycles. The summed E-state index contributed by atoms with van der Waals surface area (Å²) < 4.78 is 5.06. The van der Waals surface area contributed by atoms with Crippen molar-refractivity contribution in [2.75, 3.05) is 31.1 Å². The fourth-order valence-electron chi connectivity index (χ4n) is 3.24. The maximum atomic E-state index is 12.5. The average molecular weight is 354 g/mol. The highest BCUT2D eigenvalue weighted by Gasteiger charge is 2.27. The fraction of sp³-hybridized carbons (Fsp3) is 0.500. The lowest BCUT2D eigenvalue weighted by Crippen LogP contribution is -2.49. The Morgan fingerprint density at radius 3 is 2.50 bits per heavy atom. The van der Waals surface area contributed by atoms with Crippen LogP contribution in [0.2, 0.25) is 0 Å². The number of hydrogen-bond donors (Lipinski definition) is 0.